The standard InChI is InChI=1S/C23H20N8O3/c1-34-20-13-9-18(10-14-20)26-22-27-21(25-17-5-3-2-4-6-17)28-23(29-22)30-24-15-16-7-11-19(12-8-16)31(32)33/h2-15H,1H3,(H3,25,26,27,28,29,30)/b24-15+. The van der Waals surface area contributed by atoms with Gasteiger partial charge >= 0.3 is 0 Å². The van der Waals surface area contributed by atoms with E-state index in [9.17, 15) is 10.1 Å². The van der Waals surface area contributed by atoms with Crippen molar-refractivity contribution in [1.82, 2.24) is 15.0 Å². The molecular weight excluding hydrogens is 436 g/mol. The molecule has 1 aromatic heterocycles. The van der Waals surface area contributed by atoms with E-state index < -0.39 is 4.92 Å². The molecule has 0 spiro atoms. The van der Waals surface area contributed by atoms with E-state index in [1.807, 2.05) is 54.6 Å². The molecule has 0 saturated carbocycles. The van der Waals surface area contributed by atoms with Crippen LogP contribution in [0.3, 0.4) is 0 Å². The van der Waals surface area contributed by atoms with Crippen LogP contribution >= 0.6 is 0 Å². The average Bonchev–Trinajstić information content (AvgIpc) is 2.85. The van der Waals surface area contributed by atoms with Gasteiger partial charge in [0.25, 0.3) is 5.69 Å². The van der Waals surface area contributed by atoms with Gasteiger partial charge in [-0.15, -0.1) is 0 Å². The van der Waals surface area contributed by atoms with Gasteiger partial charge in [0, 0.05) is 23.5 Å². The van der Waals surface area contributed by atoms with Crippen molar-refractivity contribution >= 4 is 41.1 Å². The summed E-state index contributed by atoms with van der Waals surface area (Å²) in [6, 6.07) is 22.8. The molecule has 3 aromatic carbocycles. The fourth-order valence-electron chi connectivity index (χ4n) is 2.84. The lowest BCUT2D eigenvalue weighted by atomic mass is 10.2. The Morgan fingerprint density at radius 2 is 1.41 bits per heavy atom. The van der Waals surface area contributed by atoms with Gasteiger partial charge < -0.3 is 15.4 Å². The van der Waals surface area contributed by atoms with E-state index in [1.165, 1.54) is 18.3 Å². The quantitative estimate of drug-likeness (QED) is 0.185. The Morgan fingerprint density at radius 3 is 2.00 bits per heavy atom. The minimum atomic E-state index is -0.456. The summed E-state index contributed by atoms with van der Waals surface area (Å²) in [5, 5.41) is 21.2. The average molecular weight is 456 g/mol. The number of hydrogen-bond acceptors (Lipinski definition) is 10. The van der Waals surface area contributed by atoms with Crippen molar-refractivity contribution in [1.29, 1.82) is 0 Å². The minimum Gasteiger partial charge on any atom is -0.497 e. The van der Waals surface area contributed by atoms with E-state index in [0.717, 1.165) is 17.1 Å². The molecule has 0 saturated heterocycles. The van der Waals surface area contributed by atoms with Crippen molar-refractivity contribution in [2.75, 3.05) is 23.2 Å². The second-order valence-electron chi connectivity index (χ2n) is 6.87. The monoisotopic (exact) mass is 456 g/mol. The van der Waals surface area contributed by atoms with Crippen LogP contribution in [0.25, 0.3) is 0 Å². The second kappa shape index (κ2) is 10.5. The van der Waals surface area contributed by atoms with Gasteiger partial charge in [-0.05, 0) is 54.1 Å². The second-order valence-corrected chi connectivity index (χ2v) is 6.87. The highest BCUT2D eigenvalue weighted by Crippen LogP contribution is 2.21. The molecule has 0 amide bonds. The Balaban J connectivity index is 1.54. The lowest BCUT2D eigenvalue weighted by molar-refractivity contribution is -0.384. The van der Waals surface area contributed by atoms with Gasteiger partial charge in [-0.3, -0.25) is 10.1 Å². The van der Waals surface area contributed by atoms with Crippen LogP contribution in [0.2, 0.25) is 0 Å². The highest BCUT2D eigenvalue weighted by atomic mass is 16.6. The molecule has 0 fully saturated rings. The van der Waals surface area contributed by atoms with E-state index in [1.54, 1.807) is 19.2 Å². The number of nitro benzene ring substituents is 1. The van der Waals surface area contributed by atoms with Crippen molar-refractivity contribution in [3.8, 4) is 5.75 Å². The van der Waals surface area contributed by atoms with E-state index >= 15 is 0 Å². The number of nitrogens with one attached hydrogen (secondary N) is 3. The summed E-state index contributed by atoms with van der Waals surface area (Å²) in [5.41, 5.74) is 5.03. The Labute approximate surface area is 194 Å². The highest BCUT2D eigenvalue weighted by molar-refractivity contribution is 5.80. The van der Waals surface area contributed by atoms with Gasteiger partial charge in [-0.2, -0.15) is 20.1 Å². The summed E-state index contributed by atoms with van der Waals surface area (Å²) in [6.45, 7) is 0. The lowest BCUT2D eigenvalue weighted by Gasteiger charge is -2.10. The molecule has 0 atom stereocenters. The highest BCUT2D eigenvalue weighted by Gasteiger charge is 2.08. The normalized spacial score (nSPS) is 10.6. The van der Waals surface area contributed by atoms with Crippen LogP contribution < -0.4 is 20.8 Å². The number of nitro groups is 1. The lowest BCUT2D eigenvalue weighted by Crippen LogP contribution is -2.07. The summed E-state index contributed by atoms with van der Waals surface area (Å²) in [5.74, 6) is 1.54. The number of hydrogen-bond donors (Lipinski definition) is 3. The van der Waals surface area contributed by atoms with Crippen LogP contribution in [0.5, 0.6) is 5.75 Å². The van der Waals surface area contributed by atoms with E-state index in [2.05, 4.69) is 36.1 Å². The maximum absolute atomic E-state index is 10.8. The number of ether oxygens (including phenoxy) is 1. The van der Waals surface area contributed by atoms with Gasteiger partial charge in [-0.25, -0.2) is 5.43 Å². The Kier molecular flexibility index (Phi) is 6.84. The van der Waals surface area contributed by atoms with Crippen LogP contribution in [0.15, 0.2) is 84.0 Å². The molecule has 170 valence electrons. The predicted octanol–water partition coefficient (Wildman–Crippen LogP) is 4.72. The molecule has 0 bridgehead atoms. The largest absolute Gasteiger partial charge is 0.497 e. The topological polar surface area (TPSA) is 139 Å². The maximum atomic E-state index is 10.8. The summed E-state index contributed by atoms with van der Waals surface area (Å²) in [4.78, 5) is 23.5. The predicted molar refractivity (Wildman–Crippen MR) is 130 cm³/mol. The first-order valence-electron chi connectivity index (χ1n) is 10.1. The summed E-state index contributed by atoms with van der Waals surface area (Å²) in [7, 11) is 1.60. The molecule has 1 heterocycles. The SMILES string of the molecule is COc1ccc(Nc2nc(N/N=C/c3ccc([N+](=O)[O-])cc3)nc(Nc3ccccc3)n2)cc1. The molecule has 3 N–H and O–H groups in total. The Hall–Kier alpha value is -5.06. The van der Waals surface area contributed by atoms with Crippen LogP contribution in [0.4, 0.5) is 34.9 Å². The molecular formula is C23H20N8O3. The molecule has 4 rings (SSSR count). The van der Waals surface area contributed by atoms with Gasteiger partial charge in [0.1, 0.15) is 5.75 Å². The fraction of sp³-hybridized carbons (Fsp3) is 0.0435. The van der Waals surface area contributed by atoms with Crippen molar-refractivity contribution in [3.63, 3.8) is 0 Å². The number of anilines is 5. The van der Waals surface area contributed by atoms with Crippen LogP contribution in [-0.2, 0) is 0 Å². The summed E-state index contributed by atoms with van der Waals surface area (Å²) >= 11 is 0. The molecule has 0 unspecified atom stereocenters. The first kappa shape index (κ1) is 22.1. The van der Waals surface area contributed by atoms with Crippen LogP contribution in [0.1, 0.15) is 5.56 Å². The Bertz CT molecular complexity index is 1280. The van der Waals surface area contributed by atoms with E-state index in [-0.39, 0.29) is 11.6 Å². The van der Waals surface area contributed by atoms with Crippen LogP contribution in [0, 0.1) is 10.1 Å². The zero-order valence-corrected chi connectivity index (χ0v) is 18.0. The number of aromatic nitrogens is 3. The zero-order valence-electron chi connectivity index (χ0n) is 18.0. The maximum Gasteiger partial charge on any atom is 0.269 e. The van der Waals surface area contributed by atoms with Crippen molar-refractivity contribution in [2.45, 2.75) is 0 Å². The fourth-order valence-corrected chi connectivity index (χ4v) is 2.84. The number of rotatable bonds is 9. The van der Waals surface area contributed by atoms with E-state index in [0.29, 0.717) is 17.5 Å². The van der Waals surface area contributed by atoms with Crippen molar-refractivity contribution in [3.05, 3.63) is 94.5 Å². The van der Waals surface area contributed by atoms with Gasteiger partial charge in [0.05, 0.1) is 18.2 Å². The number of methoxy groups -OCH3 is 1. The van der Waals surface area contributed by atoms with Crippen molar-refractivity contribution in [2.24, 2.45) is 5.10 Å². The molecule has 0 aliphatic rings. The third-order valence-electron chi connectivity index (χ3n) is 4.49. The number of para-hydroxylation sites is 1. The molecule has 11 nitrogen and oxygen atoms in total. The third-order valence-corrected chi connectivity index (χ3v) is 4.49. The number of benzene rings is 3. The molecule has 11 heteroatoms. The summed E-state index contributed by atoms with van der Waals surface area (Å²) < 4.78 is 5.18. The number of nitrogens with zero attached hydrogens (tertiary/aromatic N) is 5. The molecule has 0 radical (unpaired) electrons. The molecule has 0 aliphatic heterocycles. The van der Waals surface area contributed by atoms with Crippen molar-refractivity contribution < 1.29 is 9.66 Å². The third kappa shape index (κ3) is 6.01. The summed E-state index contributed by atoms with van der Waals surface area (Å²) in [6.07, 6.45) is 1.51. The Morgan fingerprint density at radius 1 is 0.824 bits per heavy atom. The van der Waals surface area contributed by atoms with Crippen LogP contribution in [-0.4, -0.2) is 33.2 Å². The van der Waals surface area contributed by atoms with Gasteiger partial charge in [0.2, 0.25) is 17.8 Å². The molecule has 0 aliphatic carbocycles. The first-order valence-corrected chi connectivity index (χ1v) is 10.1. The molecule has 4 aromatic rings. The number of hydrazone groups is 1. The smallest absolute Gasteiger partial charge is 0.269 e. The zero-order chi connectivity index (χ0) is 23.8. The van der Waals surface area contributed by atoms with E-state index in [4.69, 9.17) is 4.74 Å². The molecule has 34 heavy (non-hydrogen) atoms. The van der Waals surface area contributed by atoms with Gasteiger partial charge in [0.15, 0.2) is 0 Å². The number of non-ortho nitro benzene ring substituents is 1. The first-order chi connectivity index (χ1) is 16.6. The van der Waals surface area contributed by atoms with Gasteiger partial charge in [-0.1, -0.05) is 18.2 Å². The minimum absolute atomic E-state index is 0.00783.